The van der Waals surface area contributed by atoms with Gasteiger partial charge in [0.15, 0.2) is 5.78 Å². The second-order valence-corrected chi connectivity index (χ2v) is 2.96. The van der Waals surface area contributed by atoms with Gasteiger partial charge in [-0.3, -0.25) is 9.59 Å². The van der Waals surface area contributed by atoms with Crippen molar-refractivity contribution < 1.29 is 14.3 Å². The molecule has 0 bridgehead atoms. The van der Waals surface area contributed by atoms with Crippen LogP contribution in [0.2, 0.25) is 0 Å². The molecule has 0 atom stereocenters. The first-order chi connectivity index (χ1) is 7.19. The lowest BCUT2D eigenvalue weighted by atomic mass is 10.1. The number of benzene rings is 1. The van der Waals surface area contributed by atoms with E-state index in [0.29, 0.717) is 30.0 Å². The molecule has 1 aromatic rings. The van der Waals surface area contributed by atoms with Crippen LogP contribution >= 0.6 is 0 Å². The third kappa shape index (κ3) is 2.80. The number of ketones is 1. The molecule has 1 N–H and O–H groups in total. The summed E-state index contributed by atoms with van der Waals surface area (Å²) in [5, 5.41) is 2.48. The number of hydrogen-bond acceptors (Lipinski definition) is 3. The summed E-state index contributed by atoms with van der Waals surface area (Å²) >= 11 is 0. The van der Waals surface area contributed by atoms with Crippen LogP contribution in [0.15, 0.2) is 18.2 Å². The van der Waals surface area contributed by atoms with Crippen molar-refractivity contribution in [2.75, 3.05) is 11.9 Å². The Balaban J connectivity index is 3.08. The topological polar surface area (TPSA) is 55.4 Å². The van der Waals surface area contributed by atoms with E-state index in [2.05, 4.69) is 5.32 Å². The summed E-state index contributed by atoms with van der Waals surface area (Å²) in [5.74, 6) is 0.453. The maximum atomic E-state index is 11.3. The molecule has 0 aliphatic rings. The highest BCUT2D eigenvalue weighted by molar-refractivity contribution is 5.98. The third-order valence-electron chi connectivity index (χ3n) is 1.88. The molecule has 80 valence electrons. The molecule has 1 amide bonds. The highest BCUT2D eigenvalue weighted by atomic mass is 16.5. The monoisotopic (exact) mass is 207 g/mol. The van der Waals surface area contributed by atoms with Gasteiger partial charge >= 0.3 is 0 Å². The van der Waals surface area contributed by atoms with Gasteiger partial charge in [-0.2, -0.15) is 0 Å². The van der Waals surface area contributed by atoms with Gasteiger partial charge in [-0.15, -0.1) is 0 Å². The van der Waals surface area contributed by atoms with Crippen molar-refractivity contribution >= 4 is 17.9 Å². The van der Waals surface area contributed by atoms with Crippen molar-refractivity contribution in [3.05, 3.63) is 23.8 Å². The van der Waals surface area contributed by atoms with Crippen molar-refractivity contribution in [2.24, 2.45) is 0 Å². The van der Waals surface area contributed by atoms with E-state index in [1.54, 1.807) is 18.2 Å². The van der Waals surface area contributed by atoms with E-state index in [-0.39, 0.29) is 5.78 Å². The number of hydrogen-bond donors (Lipinski definition) is 1. The van der Waals surface area contributed by atoms with Crippen LogP contribution in [0.4, 0.5) is 5.69 Å². The summed E-state index contributed by atoms with van der Waals surface area (Å²) < 4.78 is 5.29. The molecule has 0 saturated carbocycles. The normalized spacial score (nSPS) is 9.47. The minimum atomic E-state index is -0.0898. The van der Waals surface area contributed by atoms with E-state index in [1.165, 1.54) is 6.92 Å². The van der Waals surface area contributed by atoms with Gasteiger partial charge in [0.1, 0.15) is 5.75 Å². The third-order valence-corrected chi connectivity index (χ3v) is 1.88. The number of carbonyl (C=O) groups is 2. The predicted octanol–water partition coefficient (Wildman–Crippen LogP) is 1.86. The van der Waals surface area contributed by atoms with Crippen LogP contribution in [0.1, 0.15) is 24.2 Å². The van der Waals surface area contributed by atoms with E-state index in [0.717, 1.165) is 0 Å². The number of nitrogens with one attached hydrogen (secondary N) is 1. The Morgan fingerprint density at radius 2 is 2.27 bits per heavy atom. The van der Waals surface area contributed by atoms with E-state index < -0.39 is 0 Å². The van der Waals surface area contributed by atoms with E-state index in [9.17, 15) is 9.59 Å². The first kappa shape index (κ1) is 11.2. The maximum Gasteiger partial charge on any atom is 0.211 e. The van der Waals surface area contributed by atoms with Crippen LogP contribution in [0.5, 0.6) is 5.75 Å². The lowest BCUT2D eigenvalue weighted by molar-refractivity contribution is -0.105. The van der Waals surface area contributed by atoms with Crippen molar-refractivity contribution in [1.29, 1.82) is 0 Å². The van der Waals surface area contributed by atoms with Crippen LogP contribution in [-0.2, 0) is 4.79 Å². The average molecular weight is 207 g/mol. The molecule has 0 heterocycles. The van der Waals surface area contributed by atoms with Gasteiger partial charge in [-0.25, -0.2) is 0 Å². The van der Waals surface area contributed by atoms with Crippen molar-refractivity contribution in [3.63, 3.8) is 0 Å². The zero-order valence-electron chi connectivity index (χ0n) is 8.74. The molecule has 1 aromatic carbocycles. The Labute approximate surface area is 88.2 Å². The molecular formula is C11H13NO3. The lowest BCUT2D eigenvalue weighted by Crippen LogP contribution is -2.02. The highest BCUT2D eigenvalue weighted by Crippen LogP contribution is 2.23. The molecule has 0 unspecified atom stereocenters. The Bertz CT molecular complexity index is 374. The molecule has 0 fully saturated rings. The Hall–Kier alpha value is -1.84. The zero-order valence-corrected chi connectivity index (χ0v) is 8.74. The molecule has 0 spiro atoms. The fourth-order valence-electron chi connectivity index (χ4n) is 1.24. The predicted molar refractivity (Wildman–Crippen MR) is 57.3 cm³/mol. The molecule has 0 radical (unpaired) electrons. The molecule has 0 aliphatic carbocycles. The van der Waals surface area contributed by atoms with Crippen LogP contribution in [0.25, 0.3) is 0 Å². The van der Waals surface area contributed by atoms with E-state index >= 15 is 0 Å². The largest absolute Gasteiger partial charge is 0.493 e. The fraction of sp³-hybridized carbons (Fsp3) is 0.273. The quantitative estimate of drug-likeness (QED) is 0.592. The Kier molecular flexibility index (Phi) is 3.85. The van der Waals surface area contributed by atoms with Gasteiger partial charge in [0, 0.05) is 5.69 Å². The summed E-state index contributed by atoms with van der Waals surface area (Å²) in [4.78, 5) is 21.5. The van der Waals surface area contributed by atoms with Gasteiger partial charge in [0.2, 0.25) is 6.41 Å². The van der Waals surface area contributed by atoms with E-state index in [1.807, 2.05) is 6.92 Å². The fourth-order valence-corrected chi connectivity index (χ4v) is 1.24. The minimum Gasteiger partial charge on any atom is -0.493 e. The van der Waals surface area contributed by atoms with Crippen LogP contribution in [0, 0.1) is 0 Å². The van der Waals surface area contributed by atoms with Crippen molar-refractivity contribution in [1.82, 2.24) is 0 Å². The van der Waals surface area contributed by atoms with E-state index in [4.69, 9.17) is 4.74 Å². The number of Topliss-reactive ketones (excluding diaryl/α,β-unsaturated/α-hetero) is 1. The zero-order chi connectivity index (χ0) is 11.3. The number of anilines is 1. The van der Waals surface area contributed by atoms with Crippen molar-refractivity contribution in [3.8, 4) is 5.75 Å². The summed E-state index contributed by atoms with van der Waals surface area (Å²) in [7, 11) is 0. The van der Waals surface area contributed by atoms with Gasteiger partial charge in [-0.05, 0) is 32.0 Å². The summed E-state index contributed by atoms with van der Waals surface area (Å²) in [6.45, 7) is 3.81. The summed E-state index contributed by atoms with van der Waals surface area (Å²) in [6.07, 6.45) is 0.569. The van der Waals surface area contributed by atoms with Gasteiger partial charge in [-0.1, -0.05) is 0 Å². The standard InChI is InChI=1S/C11H13NO3/c1-3-15-11-5-4-9(12-7-13)6-10(11)8(2)14/h4-7H,3H2,1-2H3,(H,12,13). The molecule has 0 aromatic heterocycles. The smallest absolute Gasteiger partial charge is 0.211 e. The van der Waals surface area contributed by atoms with Crippen LogP contribution in [-0.4, -0.2) is 18.8 Å². The molecule has 4 heteroatoms. The number of amides is 1. The lowest BCUT2D eigenvalue weighted by Gasteiger charge is -2.09. The van der Waals surface area contributed by atoms with Crippen LogP contribution in [0.3, 0.4) is 0 Å². The number of rotatable bonds is 5. The van der Waals surface area contributed by atoms with Crippen molar-refractivity contribution in [2.45, 2.75) is 13.8 Å². The summed E-state index contributed by atoms with van der Waals surface area (Å²) in [6, 6.07) is 4.96. The highest BCUT2D eigenvalue weighted by Gasteiger charge is 2.08. The average Bonchev–Trinajstić information content (AvgIpc) is 2.21. The number of ether oxygens (including phenoxy) is 1. The second kappa shape index (κ2) is 5.14. The Morgan fingerprint density at radius 1 is 1.53 bits per heavy atom. The Morgan fingerprint density at radius 3 is 2.80 bits per heavy atom. The maximum absolute atomic E-state index is 11.3. The molecule has 4 nitrogen and oxygen atoms in total. The summed E-state index contributed by atoms with van der Waals surface area (Å²) in [5.41, 5.74) is 1.06. The minimum absolute atomic E-state index is 0.0898. The SMILES string of the molecule is CCOc1ccc(NC=O)cc1C(C)=O. The molecule has 1 rings (SSSR count). The van der Waals surface area contributed by atoms with Crippen LogP contribution < -0.4 is 10.1 Å². The molecule has 0 aliphatic heterocycles. The molecular weight excluding hydrogens is 194 g/mol. The van der Waals surface area contributed by atoms with Gasteiger partial charge < -0.3 is 10.1 Å². The molecule has 0 saturated heterocycles. The first-order valence-corrected chi connectivity index (χ1v) is 4.67. The number of carbonyl (C=O) groups excluding carboxylic acids is 2. The molecule has 15 heavy (non-hydrogen) atoms. The van der Waals surface area contributed by atoms with Gasteiger partial charge in [0.05, 0.1) is 12.2 Å². The second-order valence-electron chi connectivity index (χ2n) is 2.96. The first-order valence-electron chi connectivity index (χ1n) is 4.67. The van der Waals surface area contributed by atoms with Gasteiger partial charge in [0.25, 0.3) is 0 Å².